The summed E-state index contributed by atoms with van der Waals surface area (Å²) in [6.07, 6.45) is 0. The van der Waals surface area contributed by atoms with Gasteiger partial charge in [-0.15, -0.1) is 0 Å². The molecule has 0 spiro atoms. The fraction of sp³-hybridized carbons (Fsp3) is 0.143. The summed E-state index contributed by atoms with van der Waals surface area (Å²) in [5.41, 5.74) is 0.488. The minimum atomic E-state index is -4.28. The molecule has 0 unspecified atom stereocenters. The molecule has 0 radical (unpaired) electrons. The van der Waals surface area contributed by atoms with Gasteiger partial charge in [0.25, 0.3) is 0 Å². The molecular weight excluding hydrogens is 224 g/mol. The summed E-state index contributed by atoms with van der Waals surface area (Å²) < 4.78 is 31.5. The van der Waals surface area contributed by atoms with Crippen LogP contribution in [0.1, 0.15) is 5.56 Å². The largest absolute Gasteiger partial charge is 2.00 e. The van der Waals surface area contributed by atoms with Crippen LogP contribution >= 0.6 is 0 Å². The first kappa shape index (κ1) is 15.6. The zero-order chi connectivity index (χ0) is 8.48. The molecule has 68 valence electrons. The van der Waals surface area contributed by atoms with Crippen LogP contribution in [0.5, 0.6) is 0 Å². The Morgan fingerprint density at radius 1 is 1.23 bits per heavy atom. The molecule has 0 bridgehead atoms. The van der Waals surface area contributed by atoms with Crippen LogP contribution in [0, 0.1) is 6.92 Å². The van der Waals surface area contributed by atoms with Gasteiger partial charge in [0.15, 0.2) is 0 Å². The van der Waals surface area contributed by atoms with Crippen LogP contribution in [-0.2, 0) is 10.1 Å². The number of halogens is 1. The molecule has 0 heterocycles. The maximum atomic E-state index is 10.5. The van der Waals surface area contributed by atoms with E-state index in [4.69, 9.17) is 0 Å². The van der Waals surface area contributed by atoms with Crippen LogP contribution in [0.25, 0.3) is 0 Å². The van der Waals surface area contributed by atoms with E-state index in [-0.39, 0.29) is 40.4 Å². The van der Waals surface area contributed by atoms with Gasteiger partial charge in [0.2, 0.25) is 0 Å². The van der Waals surface area contributed by atoms with Crippen molar-refractivity contribution >= 4 is 33.2 Å². The van der Waals surface area contributed by atoms with Gasteiger partial charge in [0.1, 0.15) is 10.1 Å². The average molecular weight is 231 g/mol. The molecule has 0 N–H and O–H groups in total. The second kappa shape index (κ2) is 5.82. The summed E-state index contributed by atoms with van der Waals surface area (Å²) >= 11 is 0. The van der Waals surface area contributed by atoms with Crippen LogP contribution in [0.3, 0.4) is 0 Å². The monoisotopic (exact) mass is 230 g/mol. The van der Waals surface area contributed by atoms with Gasteiger partial charge in [0.05, 0.1) is 4.90 Å². The van der Waals surface area contributed by atoms with E-state index in [0.717, 1.165) is 0 Å². The van der Waals surface area contributed by atoms with E-state index in [1.165, 1.54) is 12.1 Å². The van der Waals surface area contributed by atoms with Crippen molar-refractivity contribution in [3.05, 3.63) is 29.8 Å². The summed E-state index contributed by atoms with van der Waals surface area (Å²) in [6, 6.07) is 6.10. The van der Waals surface area contributed by atoms with Gasteiger partial charge in [-0.2, -0.15) is 0 Å². The number of hydrogen-bond acceptors (Lipinski definition) is 3. The first-order valence-electron chi connectivity index (χ1n) is 3.03. The first-order valence-corrected chi connectivity index (χ1v) is 4.44. The van der Waals surface area contributed by atoms with Crippen LogP contribution in [0.2, 0.25) is 0 Å². The number of hydrogen-bond donors (Lipinski definition) is 0. The second-order valence-corrected chi connectivity index (χ2v) is 3.57. The zero-order valence-electron chi connectivity index (χ0n) is 7.03. The quantitative estimate of drug-likeness (QED) is 0.397. The van der Waals surface area contributed by atoms with Gasteiger partial charge in [0, 0.05) is 0 Å². The fourth-order valence-corrected chi connectivity index (χ4v) is 1.54. The smallest absolute Gasteiger partial charge is 1.00 e. The van der Waals surface area contributed by atoms with E-state index in [1.54, 1.807) is 19.1 Å². The molecule has 0 atom stereocenters. The van der Waals surface area contributed by atoms with Crippen molar-refractivity contribution in [2.75, 3.05) is 0 Å². The molecule has 1 aromatic carbocycles. The maximum absolute atomic E-state index is 10.5. The molecular formula is C7H7ClMgO3S. The molecule has 0 aliphatic heterocycles. The number of aryl methyl sites for hydroxylation is 1. The summed E-state index contributed by atoms with van der Waals surface area (Å²) in [4.78, 5) is -0.139. The van der Waals surface area contributed by atoms with Crippen molar-refractivity contribution in [2.24, 2.45) is 0 Å². The van der Waals surface area contributed by atoms with E-state index < -0.39 is 10.1 Å². The Hall–Kier alpha value is 0.186. The van der Waals surface area contributed by atoms with Gasteiger partial charge in [-0.05, 0) is 18.6 Å². The Balaban J connectivity index is 0. The van der Waals surface area contributed by atoms with Crippen LogP contribution in [-0.4, -0.2) is 36.0 Å². The van der Waals surface area contributed by atoms with Gasteiger partial charge < -0.3 is 17.0 Å². The van der Waals surface area contributed by atoms with Crippen molar-refractivity contribution < 1.29 is 25.4 Å². The topological polar surface area (TPSA) is 57.2 Å². The van der Waals surface area contributed by atoms with Gasteiger partial charge in [-0.1, -0.05) is 18.2 Å². The Kier molecular flexibility index (Phi) is 7.01. The van der Waals surface area contributed by atoms with Gasteiger partial charge >= 0.3 is 23.1 Å². The maximum Gasteiger partial charge on any atom is 2.00 e. The van der Waals surface area contributed by atoms with Crippen LogP contribution < -0.4 is 12.4 Å². The molecule has 0 aliphatic carbocycles. The minimum Gasteiger partial charge on any atom is -1.00 e. The Labute approximate surface area is 99.8 Å². The van der Waals surface area contributed by atoms with E-state index >= 15 is 0 Å². The molecule has 13 heavy (non-hydrogen) atoms. The predicted octanol–water partition coefficient (Wildman–Crippen LogP) is -2.48. The molecule has 3 nitrogen and oxygen atoms in total. The third-order valence-corrected chi connectivity index (χ3v) is 2.36. The summed E-state index contributed by atoms with van der Waals surface area (Å²) in [6.45, 7) is 1.59. The third kappa shape index (κ3) is 4.28. The Morgan fingerprint density at radius 3 is 2.00 bits per heavy atom. The molecule has 6 heteroatoms. The normalized spacial score (nSPS) is 9.69. The SMILES string of the molecule is Cc1ccccc1S(=O)(=O)[O-].[Cl-].[Mg+2]. The average Bonchev–Trinajstić information content (AvgIpc) is 1.86. The van der Waals surface area contributed by atoms with Crippen molar-refractivity contribution in [3.63, 3.8) is 0 Å². The molecule has 0 aromatic heterocycles. The van der Waals surface area contributed by atoms with Crippen LogP contribution in [0.4, 0.5) is 0 Å². The molecule has 0 fully saturated rings. The van der Waals surface area contributed by atoms with E-state index in [2.05, 4.69) is 0 Å². The van der Waals surface area contributed by atoms with Crippen LogP contribution in [0.15, 0.2) is 29.2 Å². The van der Waals surface area contributed by atoms with E-state index in [9.17, 15) is 13.0 Å². The number of rotatable bonds is 1. The third-order valence-electron chi connectivity index (χ3n) is 1.36. The predicted molar refractivity (Wildman–Crippen MR) is 44.9 cm³/mol. The van der Waals surface area contributed by atoms with Gasteiger partial charge in [-0.3, -0.25) is 0 Å². The standard InChI is InChI=1S/C7H8O3S.ClH.Mg/c1-6-4-2-3-5-7(6)11(8,9)10;;/h2-5H,1H3,(H,8,9,10);1H;/q;;+2/p-2. The molecule has 1 aromatic rings. The molecule has 0 amide bonds. The first-order chi connectivity index (χ1) is 5.02. The van der Waals surface area contributed by atoms with Crippen molar-refractivity contribution in [1.29, 1.82) is 0 Å². The van der Waals surface area contributed by atoms with E-state index in [1.807, 2.05) is 0 Å². The van der Waals surface area contributed by atoms with Crippen molar-refractivity contribution in [1.82, 2.24) is 0 Å². The summed E-state index contributed by atoms with van der Waals surface area (Å²) in [7, 11) is -4.28. The Bertz CT molecular complexity index is 364. The number of benzene rings is 1. The van der Waals surface area contributed by atoms with Gasteiger partial charge in [-0.25, -0.2) is 8.42 Å². The molecule has 0 aliphatic rings. The summed E-state index contributed by atoms with van der Waals surface area (Å²) in [5, 5.41) is 0. The molecule has 1 rings (SSSR count). The second-order valence-electron chi connectivity index (χ2n) is 2.22. The molecule has 0 saturated heterocycles. The zero-order valence-corrected chi connectivity index (χ0v) is 10.0. The summed E-state index contributed by atoms with van der Waals surface area (Å²) in [5.74, 6) is 0. The minimum absolute atomic E-state index is 0. The molecule has 0 saturated carbocycles. The van der Waals surface area contributed by atoms with Crippen molar-refractivity contribution in [2.45, 2.75) is 11.8 Å². The van der Waals surface area contributed by atoms with E-state index in [0.29, 0.717) is 5.56 Å². The fourth-order valence-electron chi connectivity index (χ4n) is 0.837. The Morgan fingerprint density at radius 2 is 1.69 bits per heavy atom. The van der Waals surface area contributed by atoms with Crippen molar-refractivity contribution in [3.8, 4) is 0 Å².